The van der Waals surface area contributed by atoms with Crippen molar-refractivity contribution < 1.29 is 14.3 Å². The second-order valence-corrected chi connectivity index (χ2v) is 11.5. The summed E-state index contributed by atoms with van der Waals surface area (Å²) in [7, 11) is 0. The van der Waals surface area contributed by atoms with Crippen molar-refractivity contribution in [2.75, 3.05) is 36.0 Å². The van der Waals surface area contributed by atoms with Gasteiger partial charge in [0.05, 0.1) is 11.7 Å². The summed E-state index contributed by atoms with van der Waals surface area (Å²) in [5.74, 6) is 0.735. The first-order valence-corrected chi connectivity index (χ1v) is 13.8. The number of nitrogens with zero attached hydrogens (tertiary/aromatic N) is 3. The summed E-state index contributed by atoms with van der Waals surface area (Å²) in [6.45, 7) is 9.08. The molecule has 196 valence electrons. The second kappa shape index (κ2) is 9.34. The zero-order valence-electron chi connectivity index (χ0n) is 21.8. The van der Waals surface area contributed by atoms with E-state index in [0.29, 0.717) is 30.8 Å². The van der Waals surface area contributed by atoms with Crippen LogP contribution in [0, 0.1) is 13.8 Å². The van der Waals surface area contributed by atoms with Crippen LogP contribution in [0.15, 0.2) is 65.1 Å². The fourth-order valence-electron chi connectivity index (χ4n) is 5.93. The van der Waals surface area contributed by atoms with Gasteiger partial charge in [-0.3, -0.25) is 9.69 Å². The molecule has 2 bridgehead atoms. The van der Waals surface area contributed by atoms with E-state index >= 15 is 0 Å². The zero-order valence-corrected chi connectivity index (χ0v) is 23.4. The SMILES string of the molecule is Cc1cccc(N2CCN(C(=O)c3cccc(N4C(=O)NC5CC4(C)Oc4ccc(Br)cc45)c3)CC2)c1C. The molecule has 0 aromatic heterocycles. The highest BCUT2D eigenvalue weighted by molar-refractivity contribution is 9.10. The van der Waals surface area contributed by atoms with E-state index in [2.05, 4.69) is 58.2 Å². The predicted molar refractivity (Wildman–Crippen MR) is 152 cm³/mol. The van der Waals surface area contributed by atoms with Crippen LogP contribution < -0.4 is 19.9 Å². The summed E-state index contributed by atoms with van der Waals surface area (Å²) in [6, 6.07) is 19.2. The van der Waals surface area contributed by atoms with Gasteiger partial charge in [-0.1, -0.05) is 34.1 Å². The molecule has 3 aliphatic rings. The van der Waals surface area contributed by atoms with Crippen molar-refractivity contribution in [3.63, 3.8) is 0 Å². The number of amides is 3. The molecule has 3 amide bonds. The highest BCUT2D eigenvalue weighted by atomic mass is 79.9. The lowest BCUT2D eigenvalue weighted by Crippen LogP contribution is -2.65. The monoisotopic (exact) mass is 574 g/mol. The van der Waals surface area contributed by atoms with E-state index in [-0.39, 0.29) is 18.0 Å². The lowest BCUT2D eigenvalue weighted by molar-refractivity contribution is 0.0377. The van der Waals surface area contributed by atoms with Crippen molar-refractivity contribution in [1.29, 1.82) is 0 Å². The standard InChI is InChI=1S/C30H31BrN4O3/c1-19-6-4-9-26(20(19)2)33-12-14-34(15-13-33)28(36)21-7-5-8-23(16-21)35-29(37)32-25-18-30(35,3)38-27-11-10-22(31)17-24(25)27/h4-11,16-17,25H,12-15,18H2,1-3H3,(H,32,37). The fourth-order valence-corrected chi connectivity index (χ4v) is 6.30. The molecular weight excluding hydrogens is 544 g/mol. The smallest absolute Gasteiger partial charge is 0.325 e. The van der Waals surface area contributed by atoms with Gasteiger partial charge in [0.15, 0.2) is 5.72 Å². The molecule has 2 atom stereocenters. The summed E-state index contributed by atoms with van der Waals surface area (Å²) in [6.07, 6.45) is 0.598. The van der Waals surface area contributed by atoms with Crippen LogP contribution in [0.3, 0.4) is 0 Å². The van der Waals surface area contributed by atoms with E-state index in [4.69, 9.17) is 4.74 Å². The predicted octanol–water partition coefficient (Wildman–Crippen LogP) is 5.80. The first-order chi connectivity index (χ1) is 18.2. The number of hydrogen-bond donors (Lipinski definition) is 1. The lowest BCUT2D eigenvalue weighted by atomic mass is 9.90. The third-order valence-electron chi connectivity index (χ3n) is 8.07. The van der Waals surface area contributed by atoms with E-state index in [9.17, 15) is 9.59 Å². The van der Waals surface area contributed by atoms with Gasteiger partial charge in [-0.25, -0.2) is 4.79 Å². The number of halogens is 1. The zero-order chi connectivity index (χ0) is 26.6. The Bertz CT molecular complexity index is 1430. The van der Waals surface area contributed by atoms with Gasteiger partial charge < -0.3 is 19.9 Å². The molecule has 0 spiro atoms. The molecule has 0 radical (unpaired) electrons. The van der Waals surface area contributed by atoms with Gasteiger partial charge >= 0.3 is 6.03 Å². The van der Waals surface area contributed by atoms with Crippen molar-refractivity contribution in [2.45, 2.75) is 39.0 Å². The van der Waals surface area contributed by atoms with Crippen molar-refractivity contribution in [3.05, 3.63) is 87.4 Å². The van der Waals surface area contributed by atoms with Crippen LogP contribution in [0.5, 0.6) is 5.75 Å². The highest BCUT2D eigenvalue weighted by Gasteiger charge is 2.50. The minimum Gasteiger partial charge on any atom is -0.467 e. The maximum atomic E-state index is 13.5. The molecule has 2 unspecified atom stereocenters. The van der Waals surface area contributed by atoms with Gasteiger partial charge in [-0.15, -0.1) is 0 Å². The van der Waals surface area contributed by atoms with Gasteiger partial charge in [-0.05, 0) is 74.4 Å². The van der Waals surface area contributed by atoms with Crippen LogP contribution >= 0.6 is 15.9 Å². The number of fused-ring (bicyclic) bond motifs is 4. The number of carbonyl (C=O) groups is 2. The molecule has 3 aromatic rings. The Morgan fingerprint density at radius 2 is 1.79 bits per heavy atom. The summed E-state index contributed by atoms with van der Waals surface area (Å²) >= 11 is 3.52. The van der Waals surface area contributed by atoms with Crippen molar-refractivity contribution >= 4 is 39.2 Å². The number of hydrogen-bond acceptors (Lipinski definition) is 4. The molecule has 8 heteroatoms. The average molecular weight is 576 g/mol. The first-order valence-electron chi connectivity index (χ1n) is 13.0. The van der Waals surface area contributed by atoms with Crippen molar-refractivity contribution in [3.8, 4) is 5.75 Å². The van der Waals surface area contributed by atoms with E-state index in [1.807, 2.05) is 54.3 Å². The Labute approximate surface area is 231 Å². The number of piperazine rings is 1. The van der Waals surface area contributed by atoms with E-state index in [1.165, 1.54) is 16.8 Å². The molecule has 38 heavy (non-hydrogen) atoms. The van der Waals surface area contributed by atoms with Crippen LogP contribution in [0.2, 0.25) is 0 Å². The number of aryl methyl sites for hydroxylation is 1. The Morgan fingerprint density at radius 3 is 2.58 bits per heavy atom. The lowest BCUT2D eigenvalue weighted by Gasteiger charge is -2.50. The number of nitrogens with one attached hydrogen (secondary N) is 1. The molecule has 2 saturated heterocycles. The molecule has 1 N–H and O–H groups in total. The van der Waals surface area contributed by atoms with Gasteiger partial charge in [0, 0.05) is 53.9 Å². The molecule has 7 nitrogen and oxygen atoms in total. The number of carbonyl (C=O) groups excluding carboxylic acids is 2. The quantitative estimate of drug-likeness (QED) is 0.429. The fraction of sp³-hybridized carbons (Fsp3) is 0.333. The Balaban J connectivity index is 1.21. The van der Waals surface area contributed by atoms with Gasteiger partial charge in [0.2, 0.25) is 0 Å². The van der Waals surface area contributed by atoms with Crippen molar-refractivity contribution in [1.82, 2.24) is 10.2 Å². The topological polar surface area (TPSA) is 65.1 Å². The largest absolute Gasteiger partial charge is 0.467 e. The third-order valence-corrected chi connectivity index (χ3v) is 8.56. The minimum absolute atomic E-state index is 0.0207. The molecule has 3 heterocycles. The third kappa shape index (κ3) is 4.21. The van der Waals surface area contributed by atoms with Crippen LogP contribution in [-0.4, -0.2) is 48.7 Å². The normalized spacial score (nSPS) is 22.5. The number of anilines is 2. The number of urea groups is 1. The summed E-state index contributed by atoms with van der Waals surface area (Å²) in [4.78, 5) is 32.8. The van der Waals surface area contributed by atoms with Gasteiger partial charge in [-0.2, -0.15) is 0 Å². The van der Waals surface area contributed by atoms with E-state index in [0.717, 1.165) is 28.9 Å². The highest BCUT2D eigenvalue weighted by Crippen LogP contribution is 2.46. The van der Waals surface area contributed by atoms with Crippen LogP contribution in [0.1, 0.15) is 46.4 Å². The molecule has 3 aliphatic heterocycles. The van der Waals surface area contributed by atoms with E-state index < -0.39 is 5.72 Å². The first kappa shape index (κ1) is 24.8. The Morgan fingerprint density at radius 1 is 1.03 bits per heavy atom. The molecule has 0 saturated carbocycles. The summed E-state index contributed by atoms with van der Waals surface area (Å²) in [5, 5.41) is 3.13. The number of benzene rings is 3. The molecule has 2 fully saturated rings. The maximum absolute atomic E-state index is 13.5. The number of ether oxygens (including phenoxy) is 1. The van der Waals surface area contributed by atoms with Crippen LogP contribution in [-0.2, 0) is 0 Å². The number of rotatable bonds is 3. The molecule has 3 aromatic carbocycles. The van der Waals surface area contributed by atoms with Gasteiger partial charge in [0.25, 0.3) is 5.91 Å². The van der Waals surface area contributed by atoms with E-state index in [1.54, 1.807) is 4.90 Å². The minimum atomic E-state index is -0.868. The summed E-state index contributed by atoms with van der Waals surface area (Å²) in [5.41, 5.74) is 5.11. The Hall–Kier alpha value is -3.52. The van der Waals surface area contributed by atoms with Crippen molar-refractivity contribution in [2.24, 2.45) is 0 Å². The Kier molecular flexibility index (Phi) is 6.10. The molecule has 6 rings (SSSR count). The molecule has 0 aliphatic carbocycles. The van der Waals surface area contributed by atoms with Gasteiger partial charge in [0.1, 0.15) is 5.75 Å². The van der Waals surface area contributed by atoms with Crippen LogP contribution in [0.4, 0.5) is 16.2 Å². The van der Waals surface area contributed by atoms with Crippen LogP contribution in [0.25, 0.3) is 0 Å². The molecular formula is C30H31BrN4O3. The second-order valence-electron chi connectivity index (χ2n) is 10.5. The average Bonchev–Trinajstić information content (AvgIpc) is 2.90. The maximum Gasteiger partial charge on any atom is 0.325 e. The summed E-state index contributed by atoms with van der Waals surface area (Å²) < 4.78 is 7.36.